The largest absolute Gasteiger partial charge is 0.481 e. The van der Waals surface area contributed by atoms with Crippen molar-refractivity contribution in [2.24, 2.45) is 5.92 Å². The Kier molecular flexibility index (Phi) is 4.94. The standard InChI is InChI=1S/C13H19N3O3S/c1-9(11-14-4-6-20-11)7-15-13(19)16-5-2-3-10(8-16)12(17)18/h4,6,9-10H,2-3,5,7-8H2,1H3,(H,15,19)(H,17,18). The molecule has 1 aromatic heterocycles. The van der Waals surface area contributed by atoms with E-state index in [4.69, 9.17) is 5.11 Å². The molecule has 20 heavy (non-hydrogen) atoms. The summed E-state index contributed by atoms with van der Waals surface area (Å²) in [4.78, 5) is 28.8. The summed E-state index contributed by atoms with van der Waals surface area (Å²) >= 11 is 1.57. The molecule has 2 atom stereocenters. The van der Waals surface area contributed by atoms with Crippen molar-refractivity contribution in [2.75, 3.05) is 19.6 Å². The van der Waals surface area contributed by atoms with E-state index in [0.29, 0.717) is 26.1 Å². The molecule has 2 amide bonds. The molecule has 1 aliphatic heterocycles. The number of nitrogens with one attached hydrogen (secondary N) is 1. The predicted molar refractivity (Wildman–Crippen MR) is 75.9 cm³/mol. The number of thiazole rings is 1. The summed E-state index contributed by atoms with van der Waals surface area (Å²) in [5.41, 5.74) is 0. The van der Waals surface area contributed by atoms with Crippen LogP contribution in [0.25, 0.3) is 0 Å². The summed E-state index contributed by atoms with van der Waals surface area (Å²) in [6.07, 6.45) is 3.14. The molecule has 0 saturated carbocycles. The van der Waals surface area contributed by atoms with Gasteiger partial charge in [-0.15, -0.1) is 11.3 Å². The zero-order valence-corrected chi connectivity index (χ0v) is 12.2. The molecule has 2 N–H and O–H groups in total. The first-order chi connectivity index (χ1) is 9.58. The Hall–Kier alpha value is -1.63. The number of hydrogen-bond donors (Lipinski definition) is 2. The molecule has 110 valence electrons. The molecular formula is C13H19N3O3S. The van der Waals surface area contributed by atoms with Crippen molar-refractivity contribution in [3.05, 3.63) is 16.6 Å². The minimum absolute atomic E-state index is 0.166. The summed E-state index contributed by atoms with van der Waals surface area (Å²) in [6, 6.07) is -0.181. The molecule has 0 aromatic carbocycles. The third kappa shape index (κ3) is 3.69. The Bertz CT molecular complexity index is 463. The zero-order valence-electron chi connectivity index (χ0n) is 11.4. The molecule has 1 aliphatic rings. The van der Waals surface area contributed by atoms with E-state index >= 15 is 0 Å². The molecule has 0 spiro atoms. The van der Waals surface area contributed by atoms with Crippen LogP contribution in [0.3, 0.4) is 0 Å². The second kappa shape index (κ2) is 6.69. The molecule has 0 aliphatic carbocycles. The second-order valence-electron chi connectivity index (χ2n) is 5.08. The van der Waals surface area contributed by atoms with Gasteiger partial charge in [-0.05, 0) is 12.8 Å². The summed E-state index contributed by atoms with van der Waals surface area (Å²) in [7, 11) is 0. The first-order valence-electron chi connectivity index (χ1n) is 6.73. The summed E-state index contributed by atoms with van der Waals surface area (Å²) in [6.45, 7) is 3.45. The van der Waals surface area contributed by atoms with Gasteiger partial charge in [-0.3, -0.25) is 4.79 Å². The average molecular weight is 297 g/mol. The minimum atomic E-state index is -0.821. The Morgan fingerprint density at radius 2 is 2.45 bits per heavy atom. The monoisotopic (exact) mass is 297 g/mol. The zero-order chi connectivity index (χ0) is 14.5. The maximum Gasteiger partial charge on any atom is 0.317 e. The second-order valence-corrected chi connectivity index (χ2v) is 6.01. The highest BCUT2D eigenvalue weighted by atomic mass is 32.1. The van der Waals surface area contributed by atoms with Gasteiger partial charge in [0.2, 0.25) is 0 Å². The number of carbonyl (C=O) groups is 2. The Morgan fingerprint density at radius 1 is 1.65 bits per heavy atom. The molecule has 1 saturated heterocycles. The van der Waals surface area contributed by atoms with Crippen LogP contribution in [0, 0.1) is 5.92 Å². The maximum atomic E-state index is 12.0. The number of nitrogens with zero attached hydrogens (tertiary/aromatic N) is 2. The van der Waals surface area contributed by atoms with Crippen LogP contribution in [0.1, 0.15) is 30.7 Å². The number of amides is 2. The van der Waals surface area contributed by atoms with Crippen LogP contribution in [0.4, 0.5) is 4.79 Å². The molecule has 0 bridgehead atoms. The van der Waals surface area contributed by atoms with Crippen molar-refractivity contribution in [2.45, 2.75) is 25.7 Å². The average Bonchev–Trinajstić information content (AvgIpc) is 2.98. The van der Waals surface area contributed by atoms with Gasteiger partial charge in [0.15, 0.2) is 0 Å². The summed E-state index contributed by atoms with van der Waals surface area (Å²) in [5, 5.41) is 14.8. The smallest absolute Gasteiger partial charge is 0.317 e. The first-order valence-corrected chi connectivity index (χ1v) is 7.61. The van der Waals surface area contributed by atoms with E-state index < -0.39 is 11.9 Å². The van der Waals surface area contributed by atoms with Gasteiger partial charge >= 0.3 is 12.0 Å². The lowest BCUT2D eigenvalue weighted by atomic mass is 9.99. The molecule has 1 aromatic rings. The maximum absolute atomic E-state index is 12.0. The van der Waals surface area contributed by atoms with Crippen molar-refractivity contribution in [1.82, 2.24) is 15.2 Å². The number of carbonyl (C=O) groups excluding carboxylic acids is 1. The van der Waals surface area contributed by atoms with E-state index in [9.17, 15) is 9.59 Å². The molecule has 7 heteroatoms. The van der Waals surface area contributed by atoms with Gasteiger partial charge < -0.3 is 15.3 Å². The molecule has 2 rings (SSSR count). The number of aliphatic carboxylic acids is 1. The first kappa shape index (κ1) is 14.8. The van der Waals surface area contributed by atoms with Crippen molar-refractivity contribution >= 4 is 23.3 Å². The minimum Gasteiger partial charge on any atom is -0.481 e. The van der Waals surface area contributed by atoms with Crippen molar-refractivity contribution < 1.29 is 14.7 Å². The number of likely N-dealkylation sites (tertiary alicyclic amines) is 1. The van der Waals surface area contributed by atoms with Crippen LogP contribution in [0.15, 0.2) is 11.6 Å². The molecule has 2 unspecified atom stereocenters. The Balaban J connectivity index is 1.81. The lowest BCUT2D eigenvalue weighted by Crippen LogP contribution is -2.47. The molecular weight excluding hydrogens is 278 g/mol. The van der Waals surface area contributed by atoms with E-state index in [1.165, 1.54) is 0 Å². The quantitative estimate of drug-likeness (QED) is 0.887. The van der Waals surface area contributed by atoms with Gasteiger partial charge in [-0.25, -0.2) is 9.78 Å². The van der Waals surface area contributed by atoms with Gasteiger partial charge in [0.1, 0.15) is 0 Å². The number of aromatic nitrogens is 1. The molecule has 6 nitrogen and oxygen atoms in total. The number of rotatable bonds is 4. The van der Waals surface area contributed by atoms with Gasteiger partial charge in [-0.2, -0.15) is 0 Å². The van der Waals surface area contributed by atoms with E-state index in [0.717, 1.165) is 11.4 Å². The van der Waals surface area contributed by atoms with Crippen molar-refractivity contribution in [3.8, 4) is 0 Å². The van der Waals surface area contributed by atoms with Gasteiger partial charge in [0.05, 0.1) is 10.9 Å². The predicted octanol–water partition coefficient (Wildman–Crippen LogP) is 1.75. The van der Waals surface area contributed by atoms with Crippen LogP contribution in [0.5, 0.6) is 0 Å². The van der Waals surface area contributed by atoms with E-state index in [1.807, 2.05) is 12.3 Å². The number of piperidine rings is 1. The fourth-order valence-electron chi connectivity index (χ4n) is 2.28. The molecule has 2 heterocycles. The topological polar surface area (TPSA) is 82.5 Å². The summed E-state index contributed by atoms with van der Waals surface area (Å²) in [5.74, 6) is -1.09. The number of carboxylic acids is 1. The lowest BCUT2D eigenvalue weighted by molar-refractivity contribution is -0.143. The summed E-state index contributed by atoms with van der Waals surface area (Å²) < 4.78 is 0. The SMILES string of the molecule is CC(CNC(=O)N1CCCC(C(=O)O)C1)c1nccs1. The van der Waals surface area contributed by atoms with Crippen LogP contribution in [-0.2, 0) is 4.79 Å². The Labute approximate surface area is 121 Å². The van der Waals surface area contributed by atoms with E-state index in [2.05, 4.69) is 10.3 Å². The Morgan fingerprint density at radius 3 is 3.10 bits per heavy atom. The van der Waals surface area contributed by atoms with Gasteiger partial charge in [-0.1, -0.05) is 6.92 Å². The molecule has 1 fully saturated rings. The van der Waals surface area contributed by atoms with Crippen LogP contribution in [0.2, 0.25) is 0 Å². The van der Waals surface area contributed by atoms with Crippen LogP contribution >= 0.6 is 11.3 Å². The fourth-order valence-corrected chi connectivity index (χ4v) is 2.98. The van der Waals surface area contributed by atoms with E-state index in [-0.39, 0.29) is 11.9 Å². The van der Waals surface area contributed by atoms with Crippen molar-refractivity contribution in [3.63, 3.8) is 0 Å². The normalized spacial score (nSPS) is 20.4. The number of urea groups is 1. The van der Waals surface area contributed by atoms with Gasteiger partial charge in [0.25, 0.3) is 0 Å². The highest BCUT2D eigenvalue weighted by molar-refractivity contribution is 7.09. The number of carboxylic acid groups (broad SMARTS) is 1. The highest BCUT2D eigenvalue weighted by Crippen LogP contribution is 2.18. The molecule has 0 radical (unpaired) electrons. The lowest BCUT2D eigenvalue weighted by Gasteiger charge is -2.31. The van der Waals surface area contributed by atoms with Crippen LogP contribution in [-0.4, -0.2) is 46.6 Å². The van der Waals surface area contributed by atoms with E-state index in [1.54, 1.807) is 22.4 Å². The van der Waals surface area contributed by atoms with Crippen molar-refractivity contribution in [1.29, 1.82) is 0 Å². The van der Waals surface area contributed by atoms with Gasteiger partial charge in [0, 0.05) is 37.1 Å². The fraction of sp³-hybridized carbons (Fsp3) is 0.615. The third-order valence-electron chi connectivity index (χ3n) is 3.49. The third-order valence-corrected chi connectivity index (χ3v) is 4.50. The number of hydrogen-bond acceptors (Lipinski definition) is 4. The van der Waals surface area contributed by atoms with Crippen LogP contribution < -0.4 is 5.32 Å². The highest BCUT2D eigenvalue weighted by Gasteiger charge is 2.28.